The average molecular weight is 266 g/mol. The molecule has 2 rings (SSSR count). The summed E-state index contributed by atoms with van der Waals surface area (Å²) in [5.74, 6) is 0.609. The highest BCUT2D eigenvalue weighted by Crippen LogP contribution is 2.40. The highest BCUT2D eigenvalue weighted by atomic mass is 16.5. The third-order valence-electron chi connectivity index (χ3n) is 4.04. The van der Waals surface area contributed by atoms with Crippen LogP contribution in [0.4, 0.5) is 0 Å². The number of hydrogen-bond acceptors (Lipinski definition) is 4. The molecule has 0 aromatic heterocycles. The molecule has 0 bridgehead atoms. The van der Waals surface area contributed by atoms with Gasteiger partial charge in [-0.2, -0.15) is 0 Å². The van der Waals surface area contributed by atoms with Crippen LogP contribution in [0.25, 0.3) is 0 Å². The van der Waals surface area contributed by atoms with Gasteiger partial charge < -0.3 is 20.1 Å². The van der Waals surface area contributed by atoms with Gasteiger partial charge in [0.05, 0.1) is 12.2 Å². The molecule has 0 saturated heterocycles. The number of phenolic OH excluding ortho intramolecular Hbond substituents is 1. The Morgan fingerprint density at radius 2 is 1.89 bits per heavy atom. The number of aliphatic hydroxyl groups excluding tert-OH is 2. The predicted octanol–water partition coefficient (Wildman–Crippen LogP) is 2.09. The number of aryl methyl sites for hydroxylation is 1. The number of fused-ring (bicyclic) bond motifs is 1. The summed E-state index contributed by atoms with van der Waals surface area (Å²) in [6.07, 6.45) is -1.16. The van der Waals surface area contributed by atoms with Crippen LogP contribution in [0.5, 0.6) is 11.5 Å². The lowest BCUT2D eigenvalue weighted by atomic mass is 9.85. The maximum absolute atomic E-state index is 10.2. The number of phenols is 1. The molecule has 1 aliphatic heterocycles. The molecule has 4 nitrogen and oxygen atoms in total. The van der Waals surface area contributed by atoms with Gasteiger partial charge in [0.15, 0.2) is 0 Å². The lowest BCUT2D eigenvalue weighted by molar-refractivity contribution is -0.0614. The fourth-order valence-corrected chi connectivity index (χ4v) is 2.41. The molecule has 0 radical (unpaired) electrons. The molecule has 1 aromatic rings. The van der Waals surface area contributed by atoms with E-state index in [0.29, 0.717) is 11.3 Å². The van der Waals surface area contributed by atoms with Crippen LogP contribution in [-0.2, 0) is 0 Å². The monoisotopic (exact) mass is 266 g/mol. The minimum atomic E-state index is -0.778. The van der Waals surface area contributed by atoms with Crippen molar-refractivity contribution >= 4 is 0 Å². The average Bonchev–Trinajstić information content (AvgIpc) is 2.31. The van der Waals surface area contributed by atoms with Crippen molar-refractivity contribution in [2.75, 3.05) is 0 Å². The van der Waals surface area contributed by atoms with Gasteiger partial charge in [0.1, 0.15) is 17.1 Å². The Morgan fingerprint density at radius 3 is 2.53 bits per heavy atom. The van der Waals surface area contributed by atoms with Crippen molar-refractivity contribution in [2.45, 2.75) is 57.8 Å². The Morgan fingerprint density at radius 1 is 1.26 bits per heavy atom. The molecule has 1 aliphatic rings. The Hall–Kier alpha value is -1.26. The first-order valence-corrected chi connectivity index (χ1v) is 6.61. The second-order valence-corrected chi connectivity index (χ2v) is 5.99. The summed E-state index contributed by atoms with van der Waals surface area (Å²) in [6.45, 7) is 7.26. The summed E-state index contributed by atoms with van der Waals surface area (Å²) in [5.41, 5.74) is 0.709. The van der Waals surface area contributed by atoms with Gasteiger partial charge in [0.2, 0.25) is 0 Å². The fourth-order valence-electron chi connectivity index (χ4n) is 2.41. The van der Waals surface area contributed by atoms with Gasteiger partial charge in [-0.05, 0) is 38.5 Å². The lowest BCUT2D eigenvalue weighted by Crippen LogP contribution is -2.46. The Kier molecular flexibility index (Phi) is 3.49. The second kappa shape index (κ2) is 4.69. The van der Waals surface area contributed by atoms with E-state index in [1.165, 1.54) is 0 Å². The zero-order chi connectivity index (χ0) is 14.4. The van der Waals surface area contributed by atoms with Crippen LogP contribution in [0.15, 0.2) is 12.1 Å². The number of hydrogen-bond donors (Lipinski definition) is 3. The van der Waals surface area contributed by atoms with Crippen molar-refractivity contribution in [2.24, 2.45) is 0 Å². The molecule has 0 saturated carbocycles. The zero-order valence-electron chi connectivity index (χ0n) is 11.8. The van der Waals surface area contributed by atoms with Gasteiger partial charge in [-0.1, -0.05) is 6.92 Å². The van der Waals surface area contributed by atoms with Crippen LogP contribution in [0.1, 0.15) is 44.2 Å². The molecular formula is C15H22O4. The van der Waals surface area contributed by atoms with Crippen molar-refractivity contribution in [1.82, 2.24) is 0 Å². The van der Waals surface area contributed by atoms with Crippen LogP contribution in [0.2, 0.25) is 0 Å². The Balaban J connectivity index is 2.55. The van der Waals surface area contributed by atoms with E-state index < -0.39 is 17.8 Å². The van der Waals surface area contributed by atoms with Gasteiger partial charge in [0.25, 0.3) is 0 Å². The SMILES string of the molecule is Cc1cc2c(cc1O)C(C)C(O)CC(O)C(C)(C)O2. The summed E-state index contributed by atoms with van der Waals surface area (Å²) < 4.78 is 5.92. The molecule has 3 atom stereocenters. The van der Waals surface area contributed by atoms with Gasteiger partial charge >= 0.3 is 0 Å². The van der Waals surface area contributed by atoms with E-state index in [4.69, 9.17) is 4.74 Å². The van der Waals surface area contributed by atoms with Crippen molar-refractivity contribution in [1.29, 1.82) is 0 Å². The maximum Gasteiger partial charge on any atom is 0.129 e. The summed E-state index contributed by atoms with van der Waals surface area (Å²) in [4.78, 5) is 0. The van der Waals surface area contributed by atoms with Crippen LogP contribution in [0, 0.1) is 6.92 Å². The van der Waals surface area contributed by atoms with Crippen LogP contribution in [-0.4, -0.2) is 33.1 Å². The third-order valence-corrected chi connectivity index (χ3v) is 4.04. The molecule has 3 N–H and O–H groups in total. The fraction of sp³-hybridized carbons (Fsp3) is 0.600. The maximum atomic E-state index is 10.2. The molecule has 106 valence electrons. The quantitative estimate of drug-likeness (QED) is 0.672. The van der Waals surface area contributed by atoms with E-state index in [1.807, 2.05) is 6.92 Å². The van der Waals surface area contributed by atoms with E-state index in [-0.39, 0.29) is 18.1 Å². The Labute approximate surface area is 113 Å². The number of benzene rings is 1. The summed E-state index contributed by atoms with van der Waals surface area (Å²) in [7, 11) is 0. The summed E-state index contributed by atoms with van der Waals surface area (Å²) in [6, 6.07) is 3.40. The first-order chi connectivity index (χ1) is 8.72. The molecule has 19 heavy (non-hydrogen) atoms. The standard InChI is InChI=1S/C15H22O4/c1-8-5-13-10(6-11(8)16)9(2)12(17)7-14(18)15(3,4)19-13/h5-6,9,12,14,16-18H,7H2,1-4H3. The van der Waals surface area contributed by atoms with Crippen molar-refractivity contribution in [3.63, 3.8) is 0 Å². The van der Waals surface area contributed by atoms with E-state index in [2.05, 4.69) is 0 Å². The van der Waals surface area contributed by atoms with E-state index in [9.17, 15) is 15.3 Å². The van der Waals surface area contributed by atoms with Crippen LogP contribution in [0.3, 0.4) is 0 Å². The number of rotatable bonds is 0. The van der Waals surface area contributed by atoms with Gasteiger partial charge in [0, 0.05) is 17.9 Å². The first-order valence-electron chi connectivity index (χ1n) is 6.61. The first kappa shape index (κ1) is 14.2. The molecule has 1 heterocycles. The Bertz CT molecular complexity index is 481. The third kappa shape index (κ3) is 2.55. The van der Waals surface area contributed by atoms with Crippen molar-refractivity contribution < 1.29 is 20.1 Å². The largest absolute Gasteiger partial charge is 0.508 e. The van der Waals surface area contributed by atoms with E-state index in [0.717, 1.165) is 5.56 Å². The van der Waals surface area contributed by atoms with Gasteiger partial charge in [-0.25, -0.2) is 0 Å². The molecule has 0 amide bonds. The predicted molar refractivity (Wildman–Crippen MR) is 72.6 cm³/mol. The number of aliphatic hydroxyl groups is 2. The molecule has 0 fully saturated rings. The summed E-state index contributed by atoms with van der Waals surface area (Å²) >= 11 is 0. The highest BCUT2D eigenvalue weighted by Gasteiger charge is 2.37. The molecular weight excluding hydrogens is 244 g/mol. The normalized spacial score (nSPS) is 29.9. The second-order valence-electron chi connectivity index (χ2n) is 5.99. The summed E-state index contributed by atoms with van der Waals surface area (Å²) in [5, 5.41) is 30.2. The number of aromatic hydroxyl groups is 1. The van der Waals surface area contributed by atoms with Crippen LogP contribution < -0.4 is 4.74 Å². The highest BCUT2D eigenvalue weighted by molar-refractivity contribution is 5.47. The lowest BCUT2D eigenvalue weighted by Gasteiger charge is -2.38. The smallest absolute Gasteiger partial charge is 0.129 e. The van der Waals surface area contributed by atoms with Crippen LogP contribution >= 0.6 is 0 Å². The topological polar surface area (TPSA) is 69.9 Å². The van der Waals surface area contributed by atoms with Gasteiger partial charge in [-0.15, -0.1) is 0 Å². The molecule has 0 spiro atoms. The molecule has 3 unspecified atom stereocenters. The van der Waals surface area contributed by atoms with E-state index >= 15 is 0 Å². The zero-order valence-corrected chi connectivity index (χ0v) is 11.8. The number of ether oxygens (including phenoxy) is 1. The van der Waals surface area contributed by atoms with E-state index in [1.54, 1.807) is 32.9 Å². The minimum Gasteiger partial charge on any atom is -0.508 e. The molecule has 0 aliphatic carbocycles. The molecule has 4 heteroatoms. The van der Waals surface area contributed by atoms with Crippen molar-refractivity contribution in [3.05, 3.63) is 23.3 Å². The molecule has 1 aromatic carbocycles. The van der Waals surface area contributed by atoms with Crippen molar-refractivity contribution in [3.8, 4) is 11.5 Å². The minimum absolute atomic E-state index is 0.195. The van der Waals surface area contributed by atoms with Gasteiger partial charge in [-0.3, -0.25) is 0 Å².